The summed E-state index contributed by atoms with van der Waals surface area (Å²) in [6.07, 6.45) is 4.91. The van der Waals surface area contributed by atoms with Crippen LogP contribution in [0.1, 0.15) is 37.3 Å². The van der Waals surface area contributed by atoms with Gasteiger partial charge in [0.25, 0.3) is 0 Å². The Labute approximate surface area is 121 Å². The number of piperidine rings is 2. The van der Waals surface area contributed by atoms with Crippen molar-refractivity contribution in [2.24, 2.45) is 11.8 Å². The van der Waals surface area contributed by atoms with Crippen LogP contribution in [0.3, 0.4) is 0 Å². The Kier molecular flexibility index (Phi) is 2.77. The number of nitrogens with zero attached hydrogens (tertiary/aromatic N) is 1. The van der Waals surface area contributed by atoms with Crippen molar-refractivity contribution < 1.29 is 5.11 Å². The van der Waals surface area contributed by atoms with Gasteiger partial charge in [0.1, 0.15) is 0 Å². The SMILES string of the molecule is CC[C@]12CC3[C@@H](CO)CC1C(Cc1ccccc12)N3C. The fraction of sp³-hybridized carbons (Fsp3) is 0.667. The van der Waals surface area contributed by atoms with E-state index < -0.39 is 0 Å². The molecule has 2 aliphatic carbocycles. The van der Waals surface area contributed by atoms with Crippen LogP contribution < -0.4 is 0 Å². The number of benzene rings is 1. The molecule has 0 radical (unpaired) electrons. The summed E-state index contributed by atoms with van der Waals surface area (Å²) in [4.78, 5) is 2.60. The lowest BCUT2D eigenvalue weighted by molar-refractivity contribution is -0.106. The van der Waals surface area contributed by atoms with E-state index in [9.17, 15) is 5.11 Å². The number of aliphatic hydroxyl groups is 1. The van der Waals surface area contributed by atoms with Gasteiger partial charge in [-0.3, -0.25) is 4.90 Å². The number of aliphatic hydroxyl groups excluding tert-OH is 1. The van der Waals surface area contributed by atoms with E-state index in [1.54, 1.807) is 11.1 Å². The molecule has 20 heavy (non-hydrogen) atoms. The van der Waals surface area contributed by atoms with Crippen molar-refractivity contribution in [3.8, 4) is 0 Å². The summed E-state index contributed by atoms with van der Waals surface area (Å²) in [5.41, 5.74) is 3.57. The van der Waals surface area contributed by atoms with Crippen LogP contribution in [-0.2, 0) is 11.8 Å². The average molecular weight is 271 g/mol. The predicted octanol–water partition coefficient (Wildman–Crippen LogP) is 2.59. The zero-order valence-corrected chi connectivity index (χ0v) is 12.5. The molecule has 0 amide bonds. The molecule has 2 saturated heterocycles. The minimum Gasteiger partial charge on any atom is -0.396 e. The first-order valence-electron chi connectivity index (χ1n) is 8.12. The second-order valence-electron chi connectivity index (χ2n) is 7.16. The highest BCUT2D eigenvalue weighted by Gasteiger charge is 2.59. The molecule has 3 unspecified atom stereocenters. The third-order valence-electron chi connectivity index (χ3n) is 6.74. The molecule has 4 aliphatic rings. The maximum Gasteiger partial charge on any atom is 0.0474 e. The van der Waals surface area contributed by atoms with Gasteiger partial charge in [-0.25, -0.2) is 0 Å². The van der Waals surface area contributed by atoms with Gasteiger partial charge in [-0.1, -0.05) is 31.2 Å². The van der Waals surface area contributed by atoms with Gasteiger partial charge < -0.3 is 5.11 Å². The van der Waals surface area contributed by atoms with Crippen molar-refractivity contribution in [1.82, 2.24) is 4.90 Å². The standard InChI is InChI=1S/C18H25NO/c1-3-18-10-17-13(11-20)8-15(18)16(19(17)2)9-12-6-4-5-7-14(12)18/h4-7,13,15-17,20H,3,8-11H2,1-2H3/t13-,15?,16?,17?,18-/m1/s1. The molecule has 3 fully saturated rings. The first-order valence-corrected chi connectivity index (χ1v) is 8.12. The number of hydrogen-bond acceptors (Lipinski definition) is 2. The molecule has 5 atom stereocenters. The van der Waals surface area contributed by atoms with Gasteiger partial charge in [-0.2, -0.15) is 0 Å². The quantitative estimate of drug-likeness (QED) is 0.893. The number of likely N-dealkylation sites (N-methyl/N-ethyl adjacent to an activating group) is 1. The second kappa shape index (κ2) is 4.32. The van der Waals surface area contributed by atoms with Crippen LogP contribution in [0.5, 0.6) is 0 Å². The maximum absolute atomic E-state index is 9.72. The highest BCUT2D eigenvalue weighted by Crippen LogP contribution is 2.59. The number of hydrogen-bond donors (Lipinski definition) is 1. The van der Waals surface area contributed by atoms with Crippen molar-refractivity contribution in [2.45, 2.75) is 50.1 Å². The van der Waals surface area contributed by atoms with Crippen molar-refractivity contribution in [3.05, 3.63) is 35.4 Å². The number of fused-ring (bicyclic) bond motifs is 2. The smallest absolute Gasteiger partial charge is 0.0474 e. The predicted molar refractivity (Wildman–Crippen MR) is 80.8 cm³/mol. The van der Waals surface area contributed by atoms with Crippen LogP contribution in [0.4, 0.5) is 0 Å². The summed E-state index contributed by atoms with van der Waals surface area (Å²) < 4.78 is 0. The molecular weight excluding hydrogens is 246 g/mol. The number of rotatable bonds is 2. The molecule has 1 N–H and O–H groups in total. The van der Waals surface area contributed by atoms with E-state index in [2.05, 4.69) is 43.1 Å². The molecule has 2 nitrogen and oxygen atoms in total. The second-order valence-corrected chi connectivity index (χ2v) is 7.16. The van der Waals surface area contributed by atoms with Gasteiger partial charge in [0.2, 0.25) is 0 Å². The van der Waals surface area contributed by atoms with E-state index in [1.165, 1.54) is 25.7 Å². The highest BCUT2D eigenvalue weighted by molar-refractivity contribution is 5.42. The molecule has 2 aliphatic heterocycles. The Bertz CT molecular complexity index is 528. The van der Waals surface area contributed by atoms with Crippen LogP contribution >= 0.6 is 0 Å². The average Bonchev–Trinajstić information content (AvgIpc) is 2.50. The van der Waals surface area contributed by atoms with E-state index in [0.29, 0.717) is 30.0 Å². The van der Waals surface area contributed by atoms with Crippen LogP contribution in [0.15, 0.2) is 24.3 Å². The van der Waals surface area contributed by atoms with Crippen molar-refractivity contribution in [2.75, 3.05) is 13.7 Å². The van der Waals surface area contributed by atoms with Crippen molar-refractivity contribution in [3.63, 3.8) is 0 Å². The first-order chi connectivity index (χ1) is 9.71. The van der Waals surface area contributed by atoms with Crippen LogP contribution in [-0.4, -0.2) is 35.7 Å². The normalized spacial score (nSPS) is 42.5. The molecule has 4 bridgehead atoms. The molecule has 0 spiro atoms. The Morgan fingerprint density at radius 3 is 2.85 bits per heavy atom. The summed E-state index contributed by atoms with van der Waals surface area (Å²) >= 11 is 0. The van der Waals surface area contributed by atoms with Gasteiger partial charge >= 0.3 is 0 Å². The van der Waals surface area contributed by atoms with E-state index in [4.69, 9.17) is 0 Å². The minimum absolute atomic E-state index is 0.361. The van der Waals surface area contributed by atoms with Crippen LogP contribution in [0, 0.1) is 11.8 Å². The van der Waals surface area contributed by atoms with E-state index in [1.807, 2.05) is 0 Å². The Hall–Kier alpha value is -0.860. The fourth-order valence-corrected chi connectivity index (χ4v) is 5.73. The van der Waals surface area contributed by atoms with Crippen molar-refractivity contribution >= 4 is 0 Å². The largest absolute Gasteiger partial charge is 0.396 e. The lowest BCUT2D eigenvalue weighted by Gasteiger charge is -2.65. The van der Waals surface area contributed by atoms with Gasteiger partial charge in [-0.15, -0.1) is 0 Å². The Balaban J connectivity index is 1.86. The van der Waals surface area contributed by atoms with Crippen LogP contribution in [0.2, 0.25) is 0 Å². The van der Waals surface area contributed by atoms with Crippen LogP contribution in [0.25, 0.3) is 0 Å². The lowest BCUT2D eigenvalue weighted by atomic mass is 9.48. The summed E-state index contributed by atoms with van der Waals surface area (Å²) in [5.74, 6) is 1.22. The summed E-state index contributed by atoms with van der Waals surface area (Å²) in [7, 11) is 2.29. The summed E-state index contributed by atoms with van der Waals surface area (Å²) in [5, 5.41) is 9.72. The Morgan fingerprint density at radius 2 is 2.10 bits per heavy atom. The Morgan fingerprint density at radius 1 is 1.30 bits per heavy atom. The molecule has 1 aromatic carbocycles. The first kappa shape index (κ1) is 12.8. The van der Waals surface area contributed by atoms with E-state index in [0.717, 1.165) is 5.92 Å². The lowest BCUT2D eigenvalue weighted by Crippen LogP contribution is -2.68. The summed E-state index contributed by atoms with van der Waals surface area (Å²) in [6, 6.07) is 10.4. The molecule has 0 aromatic heterocycles. The van der Waals surface area contributed by atoms with Crippen molar-refractivity contribution in [1.29, 1.82) is 0 Å². The molecular formula is C18H25NO. The fourth-order valence-electron chi connectivity index (χ4n) is 5.73. The van der Waals surface area contributed by atoms with E-state index in [-0.39, 0.29) is 0 Å². The minimum atomic E-state index is 0.361. The monoisotopic (exact) mass is 271 g/mol. The molecule has 108 valence electrons. The van der Waals surface area contributed by atoms with Gasteiger partial charge in [0.15, 0.2) is 0 Å². The molecule has 2 heteroatoms. The zero-order chi connectivity index (χ0) is 13.9. The third kappa shape index (κ3) is 1.42. The van der Waals surface area contributed by atoms with Gasteiger partial charge in [0, 0.05) is 24.1 Å². The zero-order valence-electron chi connectivity index (χ0n) is 12.5. The molecule has 5 rings (SSSR count). The molecule has 1 saturated carbocycles. The van der Waals surface area contributed by atoms with Gasteiger partial charge in [-0.05, 0) is 55.7 Å². The summed E-state index contributed by atoms with van der Waals surface area (Å²) in [6.45, 7) is 2.73. The molecule has 2 heterocycles. The maximum atomic E-state index is 9.72. The van der Waals surface area contributed by atoms with Gasteiger partial charge in [0.05, 0.1) is 0 Å². The van der Waals surface area contributed by atoms with E-state index >= 15 is 0 Å². The molecule has 1 aromatic rings. The topological polar surface area (TPSA) is 23.5 Å². The third-order valence-corrected chi connectivity index (χ3v) is 6.74. The highest BCUT2D eigenvalue weighted by atomic mass is 16.3.